The maximum Gasteiger partial charge on any atom is 0.250 e. The molecule has 1 saturated heterocycles. The van der Waals surface area contributed by atoms with Gasteiger partial charge in [0, 0.05) is 23.3 Å². The molecule has 0 aromatic heterocycles. The maximum absolute atomic E-state index is 11.3. The van der Waals surface area contributed by atoms with Gasteiger partial charge in [0.25, 0.3) is 5.91 Å². The fourth-order valence-corrected chi connectivity index (χ4v) is 2.21. The molecule has 4 nitrogen and oxygen atoms in total. The Labute approximate surface area is 106 Å². The van der Waals surface area contributed by atoms with Crippen molar-refractivity contribution in [3.63, 3.8) is 0 Å². The summed E-state index contributed by atoms with van der Waals surface area (Å²) in [6, 6.07) is 5.50. The van der Waals surface area contributed by atoms with E-state index in [-0.39, 0.29) is 0 Å². The molecule has 5 heteroatoms. The number of rotatable bonds is 4. The standard InChI is InChI=1S/C12H16ClN3O/c13-8-3-4-10(12(14)17)11(6-8)16-7-9-2-1-5-15-9/h3-4,6,9,15-16H,1-2,5,7H2,(H2,14,17). The molecule has 0 spiro atoms. The van der Waals surface area contributed by atoms with Crippen LogP contribution in [0, 0.1) is 0 Å². The molecule has 4 N–H and O–H groups in total. The number of carbonyl (C=O) groups is 1. The fraction of sp³-hybridized carbons (Fsp3) is 0.417. The summed E-state index contributed by atoms with van der Waals surface area (Å²) < 4.78 is 0. The van der Waals surface area contributed by atoms with E-state index in [0.717, 1.165) is 19.5 Å². The van der Waals surface area contributed by atoms with E-state index in [2.05, 4.69) is 10.6 Å². The lowest BCUT2D eigenvalue weighted by molar-refractivity contribution is 0.100. The van der Waals surface area contributed by atoms with E-state index in [1.54, 1.807) is 18.2 Å². The van der Waals surface area contributed by atoms with Gasteiger partial charge in [-0.1, -0.05) is 11.6 Å². The van der Waals surface area contributed by atoms with E-state index in [1.165, 1.54) is 6.42 Å². The molecule has 1 aromatic rings. The average molecular weight is 254 g/mol. The Kier molecular flexibility index (Phi) is 3.86. The smallest absolute Gasteiger partial charge is 0.250 e. The SMILES string of the molecule is NC(=O)c1ccc(Cl)cc1NCC1CCCN1. The topological polar surface area (TPSA) is 67.2 Å². The highest BCUT2D eigenvalue weighted by molar-refractivity contribution is 6.31. The molecule has 1 fully saturated rings. The first-order valence-corrected chi connectivity index (χ1v) is 6.11. The Hall–Kier alpha value is -1.26. The molecule has 1 atom stereocenters. The molecule has 0 aliphatic carbocycles. The van der Waals surface area contributed by atoms with Gasteiger partial charge in [0.15, 0.2) is 0 Å². The highest BCUT2D eigenvalue weighted by Crippen LogP contribution is 2.21. The van der Waals surface area contributed by atoms with Gasteiger partial charge < -0.3 is 16.4 Å². The fourth-order valence-electron chi connectivity index (χ4n) is 2.04. The van der Waals surface area contributed by atoms with Crippen molar-refractivity contribution in [3.05, 3.63) is 28.8 Å². The molecule has 0 bridgehead atoms. The molecular weight excluding hydrogens is 238 g/mol. The van der Waals surface area contributed by atoms with Crippen LogP contribution in [0.1, 0.15) is 23.2 Å². The van der Waals surface area contributed by atoms with Crippen molar-refractivity contribution in [2.24, 2.45) is 5.73 Å². The lowest BCUT2D eigenvalue weighted by atomic mass is 10.1. The quantitative estimate of drug-likeness (QED) is 0.764. The molecule has 1 aliphatic heterocycles. The van der Waals surface area contributed by atoms with Crippen molar-refractivity contribution >= 4 is 23.2 Å². The second-order valence-electron chi connectivity index (χ2n) is 4.23. The van der Waals surface area contributed by atoms with Crippen LogP contribution in [-0.2, 0) is 0 Å². The van der Waals surface area contributed by atoms with Gasteiger partial charge in [0.1, 0.15) is 0 Å². The summed E-state index contributed by atoms with van der Waals surface area (Å²) in [7, 11) is 0. The third-order valence-electron chi connectivity index (χ3n) is 2.95. The zero-order valence-corrected chi connectivity index (χ0v) is 10.3. The summed E-state index contributed by atoms with van der Waals surface area (Å²) in [5, 5.41) is 7.20. The normalized spacial score (nSPS) is 19.2. The number of primary amides is 1. The molecule has 17 heavy (non-hydrogen) atoms. The predicted octanol–water partition coefficient (Wildman–Crippen LogP) is 1.60. The first-order chi connectivity index (χ1) is 8.16. The Balaban J connectivity index is 2.07. The number of hydrogen-bond acceptors (Lipinski definition) is 3. The van der Waals surface area contributed by atoms with E-state index in [9.17, 15) is 4.79 Å². The number of nitrogens with one attached hydrogen (secondary N) is 2. The number of anilines is 1. The van der Waals surface area contributed by atoms with Gasteiger partial charge in [0.05, 0.1) is 5.56 Å². The van der Waals surface area contributed by atoms with Crippen molar-refractivity contribution in [2.45, 2.75) is 18.9 Å². The number of nitrogens with two attached hydrogens (primary N) is 1. The molecule has 1 amide bonds. The first kappa shape index (κ1) is 12.2. The summed E-state index contributed by atoms with van der Waals surface area (Å²) in [5.74, 6) is -0.441. The minimum Gasteiger partial charge on any atom is -0.383 e. The summed E-state index contributed by atoms with van der Waals surface area (Å²) in [6.07, 6.45) is 2.35. The zero-order valence-electron chi connectivity index (χ0n) is 9.50. The number of hydrogen-bond donors (Lipinski definition) is 3. The highest BCUT2D eigenvalue weighted by atomic mass is 35.5. The van der Waals surface area contributed by atoms with E-state index in [1.807, 2.05) is 0 Å². The predicted molar refractivity (Wildman–Crippen MR) is 69.5 cm³/mol. The van der Waals surface area contributed by atoms with Gasteiger partial charge in [-0.2, -0.15) is 0 Å². The van der Waals surface area contributed by atoms with Gasteiger partial charge in [0.2, 0.25) is 0 Å². The summed E-state index contributed by atoms with van der Waals surface area (Å²) in [6.45, 7) is 1.84. The Bertz CT molecular complexity index is 416. The number of benzene rings is 1. The van der Waals surface area contributed by atoms with Crippen LogP contribution >= 0.6 is 11.6 Å². The lowest BCUT2D eigenvalue weighted by Gasteiger charge is -2.14. The van der Waals surface area contributed by atoms with Crippen LogP contribution < -0.4 is 16.4 Å². The second-order valence-corrected chi connectivity index (χ2v) is 4.66. The Morgan fingerprint density at radius 2 is 2.41 bits per heavy atom. The summed E-state index contributed by atoms with van der Waals surface area (Å²) in [4.78, 5) is 11.3. The molecule has 92 valence electrons. The number of amides is 1. The largest absolute Gasteiger partial charge is 0.383 e. The molecule has 1 unspecified atom stereocenters. The number of carbonyl (C=O) groups excluding carboxylic acids is 1. The average Bonchev–Trinajstić information content (AvgIpc) is 2.78. The summed E-state index contributed by atoms with van der Waals surface area (Å²) >= 11 is 5.91. The van der Waals surface area contributed by atoms with Crippen LogP contribution in [0.25, 0.3) is 0 Å². The molecule has 1 heterocycles. The monoisotopic (exact) mass is 253 g/mol. The second kappa shape index (κ2) is 5.38. The molecule has 0 radical (unpaired) electrons. The first-order valence-electron chi connectivity index (χ1n) is 5.73. The third kappa shape index (κ3) is 3.11. The van der Waals surface area contributed by atoms with Crippen molar-refractivity contribution in [3.8, 4) is 0 Å². The maximum atomic E-state index is 11.3. The van der Waals surface area contributed by atoms with E-state index >= 15 is 0 Å². The molecule has 2 rings (SSSR count). The highest BCUT2D eigenvalue weighted by Gasteiger charge is 2.15. The van der Waals surface area contributed by atoms with E-state index in [4.69, 9.17) is 17.3 Å². The third-order valence-corrected chi connectivity index (χ3v) is 3.18. The van der Waals surface area contributed by atoms with Crippen molar-refractivity contribution < 1.29 is 4.79 Å². The zero-order chi connectivity index (χ0) is 12.3. The molecule has 1 aliphatic rings. The van der Waals surface area contributed by atoms with E-state index in [0.29, 0.717) is 22.3 Å². The van der Waals surface area contributed by atoms with Gasteiger partial charge in [-0.3, -0.25) is 4.79 Å². The Morgan fingerprint density at radius 3 is 3.06 bits per heavy atom. The van der Waals surface area contributed by atoms with Crippen LogP contribution in [0.3, 0.4) is 0 Å². The van der Waals surface area contributed by atoms with Crippen LogP contribution in [0.15, 0.2) is 18.2 Å². The van der Waals surface area contributed by atoms with Gasteiger partial charge in [-0.15, -0.1) is 0 Å². The van der Waals surface area contributed by atoms with Crippen molar-refractivity contribution in [2.75, 3.05) is 18.4 Å². The van der Waals surface area contributed by atoms with Crippen molar-refractivity contribution in [1.29, 1.82) is 0 Å². The van der Waals surface area contributed by atoms with Crippen LogP contribution in [0.5, 0.6) is 0 Å². The summed E-state index contributed by atoms with van der Waals surface area (Å²) in [5.41, 5.74) is 6.50. The van der Waals surface area contributed by atoms with Gasteiger partial charge >= 0.3 is 0 Å². The lowest BCUT2D eigenvalue weighted by Crippen LogP contribution is -2.30. The molecular formula is C12H16ClN3O. The van der Waals surface area contributed by atoms with Gasteiger partial charge in [-0.05, 0) is 37.6 Å². The Morgan fingerprint density at radius 1 is 1.59 bits per heavy atom. The van der Waals surface area contributed by atoms with Crippen LogP contribution in [0.4, 0.5) is 5.69 Å². The van der Waals surface area contributed by atoms with Crippen LogP contribution in [-0.4, -0.2) is 25.0 Å². The van der Waals surface area contributed by atoms with E-state index < -0.39 is 5.91 Å². The minimum atomic E-state index is -0.441. The van der Waals surface area contributed by atoms with Crippen LogP contribution in [0.2, 0.25) is 5.02 Å². The molecule has 1 aromatic carbocycles. The molecule has 0 saturated carbocycles. The number of halogens is 1. The van der Waals surface area contributed by atoms with Crippen molar-refractivity contribution in [1.82, 2.24) is 5.32 Å². The minimum absolute atomic E-state index is 0.441. The van der Waals surface area contributed by atoms with Gasteiger partial charge in [-0.25, -0.2) is 0 Å².